The summed E-state index contributed by atoms with van der Waals surface area (Å²) in [6.45, 7) is 1.05. The number of hydrogen-bond acceptors (Lipinski definition) is 4. The molecule has 116 valence electrons. The van der Waals surface area contributed by atoms with Crippen molar-refractivity contribution in [2.24, 2.45) is 0 Å². The molecule has 0 aliphatic heterocycles. The molecule has 0 heterocycles. The highest BCUT2D eigenvalue weighted by Crippen LogP contribution is 2.04. The molecule has 1 aromatic carbocycles. The minimum atomic E-state index is -0.976. The molecule has 0 fully saturated rings. The average Bonchev–Trinajstić information content (AvgIpc) is 2.49. The first-order valence-corrected chi connectivity index (χ1v) is 6.42. The van der Waals surface area contributed by atoms with Gasteiger partial charge in [0.15, 0.2) is 0 Å². The monoisotopic (exact) mass is 296 g/mol. The van der Waals surface area contributed by atoms with Crippen LogP contribution in [-0.2, 0) is 16.0 Å². The number of carbonyl (C=O) groups excluding carboxylic acids is 1. The maximum absolute atomic E-state index is 11.6. The Morgan fingerprint density at radius 2 is 1.86 bits per heavy atom. The van der Waals surface area contributed by atoms with E-state index in [0.717, 1.165) is 5.56 Å². The molecule has 3 N–H and O–H groups in total. The van der Waals surface area contributed by atoms with Crippen LogP contribution in [0.3, 0.4) is 0 Å². The SMILES string of the molecule is COCC(CNC(=O)NCc1ccc(C(=O)O)cc1)OC. The molecule has 0 spiro atoms. The summed E-state index contributed by atoms with van der Waals surface area (Å²) in [6, 6.07) is 5.99. The Labute approximate surface area is 123 Å². The lowest BCUT2D eigenvalue weighted by Gasteiger charge is -2.15. The molecule has 0 aromatic heterocycles. The molecule has 1 aromatic rings. The smallest absolute Gasteiger partial charge is 0.335 e. The first-order chi connectivity index (χ1) is 10.1. The van der Waals surface area contributed by atoms with Crippen LogP contribution in [0.15, 0.2) is 24.3 Å². The lowest BCUT2D eigenvalue weighted by atomic mass is 10.1. The van der Waals surface area contributed by atoms with Crippen LogP contribution in [0.5, 0.6) is 0 Å². The van der Waals surface area contributed by atoms with Crippen LogP contribution in [0.1, 0.15) is 15.9 Å². The number of aromatic carboxylic acids is 1. The van der Waals surface area contributed by atoms with E-state index in [1.54, 1.807) is 26.4 Å². The van der Waals surface area contributed by atoms with E-state index in [0.29, 0.717) is 19.7 Å². The van der Waals surface area contributed by atoms with Gasteiger partial charge in [0.2, 0.25) is 0 Å². The predicted octanol–water partition coefficient (Wildman–Crippen LogP) is 0.845. The van der Waals surface area contributed by atoms with Gasteiger partial charge in [0, 0.05) is 27.3 Å². The van der Waals surface area contributed by atoms with Crippen LogP contribution in [0, 0.1) is 0 Å². The van der Waals surface area contributed by atoms with E-state index in [-0.39, 0.29) is 17.7 Å². The quantitative estimate of drug-likeness (QED) is 0.660. The number of nitrogens with one attached hydrogen (secondary N) is 2. The van der Waals surface area contributed by atoms with E-state index in [1.807, 2.05) is 0 Å². The van der Waals surface area contributed by atoms with Crippen molar-refractivity contribution in [3.8, 4) is 0 Å². The molecule has 0 bridgehead atoms. The summed E-state index contributed by atoms with van der Waals surface area (Å²) in [5, 5.41) is 14.1. The zero-order valence-corrected chi connectivity index (χ0v) is 12.1. The van der Waals surface area contributed by atoms with E-state index >= 15 is 0 Å². The fourth-order valence-corrected chi connectivity index (χ4v) is 1.61. The molecular formula is C14H20N2O5. The number of rotatable bonds is 8. The fraction of sp³-hybridized carbons (Fsp3) is 0.429. The van der Waals surface area contributed by atoms with Crippen LogP contribution in [-0.4, -0.2) is 50.6 Å². The zero-order chi connectivity index (χ0) is 15.7. The molecule has 1 unspecified atom stereocenters. The Hall–Kier alpha value is -2.12. The van der Waals surface area contributed by atoms with Crippen molar-refractivity contribution in [3.63, 3.8) is 0 Å². The van der Waals surface area contributed by atoms with E-state index in [4.69, 9.17) is 14.6 Å². The molecule has 2 amide bonds. The summed E-state index contributed by atoms with van der Waals surface area (Å²) >= 11 is 0. The van der Waals surface area contributed by atoms with Gasteiger partial charge < -0.3 is 25.2 Å². The highest BCUT2D eigenvalue weighted by Gasteiger charge is 2.09. The van der Waals surface area contributed by atoms with Gasteiger partial charge in [-0.15, -0.1) is 0 Å². The van der Waals surface area contributed by atoms with Crippen LogP contribution < -0.4 is 10.6 Å². The van der Waals surface area contributed by atoms with Crippen molar-refractivity contribution in [1.82, 2.24) is 10.6 Å². The number of carbonyl (C=O) groups is 2. The largest absolute Gasteiger partial charge is 0.478 e. The molecule has 0 aliphatic carbocycles. The minimum absolute atomic E-state index is 0.199. The molecule has 0 radical (unpaired) electrons. The predicted molar refractivity (Wildman–Crippen MR) is 76.3 cm³/mol. The molecule has 0 saturated carbocycles. The second-order valence-electron chi connectivity index (χ2n) is 4.38. The topological polar surface area (TPSA) is 96.9 Å². The number of carboxylic acid groups (broad SMARTS) is 1. The Kier molecular flexibility index (Phi) is 7.20. The van der Waals surface area contributed by atoms with Gasteiger partial charge in [0.25, 0.3) is 0 Å². The van der Waals surface area contributed by atoms with Crippen LogP contribution in [0.25, 0.3) is 0 Å². The van der Waals surface area contributed by atoms with E-state index in [1.165, 1.54) is 12.1 Å². The molecule has 21 heavy (non-hydrogen) atoms. The van der Waals surface area contributed by atoms with E-state index in [2.05, 4.69) is 10.6 Å². The van der Waals surface area contributed by atoms with Crippen molar-refractivity contribution in [2.75, 3.05) is 27.4 Å². The van der Waals surface area contributed by atoms with Gasteiger partial charge in [-0.25, -0.2) is 9.59 Å². The van der Waals surface area contributed by atoms with Gasteiger partial charge in [-0.1, -0.05) is 12.1 Å². The lowest BCUT2D eigenvalue weighted by Crippen LogP contribution is -2.41. The number of ether oxygens (including phenoxy) is 2. The summed E-state index contributed by atoms with van der Waals surface area (Å²) in [4.78, 5) is 22.3. The van der Waals surface area contributed by atoms with Crippen LogP contribution in [0.2, 0.25) is 0 Å². The highest BCUT2D eigenvalue weighted by atomic mass is 16.5. The summed E-state index contributed by atoms with van der Waals surface area (Å²) in [6.07, 6.45) is -0.199. The Bertz CT molecular complexity index is 461. The molecule has 7 heteroatoms. The van der Waals surface area contributed by atoms with Crippen LogP contribution in [0.4, 0.5) is 4.79 Å². The van der Waals surface area contributed by atoms with Crippen LogP contribution >= 0.6 is 0 Å². The fourth-order valence-electron chi connectivity index (χ4n) is 1.61. The number of carboxylic acids is 1. The van der Waals surface area contributed by atoms with Crippen molar-refractivity contribution < 1.29 is 24.2 Å². The minimum Gasteiger partial charge on any atom is -0.478 e. The maximum Gasteiger partial charge on any atom is 0.335 e. The summed E-state index contributed by atoms with van der Waals surface area (Å²) < 4.78 is 10.1. The number of methoxy groups -OCH3 is 2. The first kappa shape index (κ1) is 16.9. The Morgan fingerprint density at radius 3 is 2.38 bits per heavy atom. The number of amides is 2. The molecule has 1 atom stereocenters. The van der Waals surface area contributed by atoms with Crippen molar-refractivity contribution in [2.45, 2.75) is 12.6 Å². The summed E-state index contributed by atoms with van der Waals surface area (Å²) in [5.74, 6) is -0.976. The van der Waals surface area contributed by atoms with Crippen molar-refractivity contribution in [1.29, 1.82) is 0 Å². The van der Waals surface area contributed by atoms with Gasteiger partial charge in [-0.3, -0.25) is 0 Å². The Morgan fingerprint density at radius 1 is 1.19 bits per heavy atom. The standard InChI is InChI=1S/C14H20N2O5/c1-20-9-12(21-2)8-16-14(19)15-7-10-3-5-11(6-4-10)13(17)18/h3-6,12H,7-9H2,1-2H3,(H,17,18)(H2,15,16,19). The number of urea groups is 1. The Balaban J connectivity index is 2.34. The van der Waals surface area contributed by atoms with E-state index < -0.39 is 5.97 Å². The van der Waals surface area contributed by atoms with Gasteiger partial charge in [0.1, 0.15) is 0 Å². The third-order valence-electron chi connectivity index (χ3n) is 2.83. The van der Waals surface area contributed by atoms with Gasteiger partial charge >= 0.3 is 12.0 Å². The molecular weight excluding hydrogens is 276 g/mol. The maximum atomic E-state index is 11.6. The first-order valence-electron chi connectivity index (χ1n) is 6.42. The molecule has 0 saturated heterocycles. The van der Waals surface area contributed by atoms with Crippen molar-refractivity contribution in [3.05, 3.63) is 35.4 Å². The normalized spacial score (nSPS) is 11.7. The third-order valence-corrected chi connectivity index (χ3v) is 2.83. The zero-order valence-electron chi connectivity index (χ0n) is 12.1. The van der Waals surface area contributed by atoms with Crippen molar-refractivity contribution >= 4 is 12.0 Å². The summed E-state index contributed by atoms with van der Waals surface area (Å²) in [7, 11) is 3.11. The second kappa shape index (κ2) is 8.93. The lowest BCUT2D eigenvalue weighted by molar-refractivity contribution is 0.0304. The number of benzene rings is 1. The van der Waals surface area contributed by atoms with Gasteiger partial charge in [-0.05, 0) is 17.7 Å². The molecule has 7 nitrogen and oxygen atoms in total. The average molecular weight is 296 g/mol. The van der Waals surface area contributed by atoms with Gasteiger partial charge in [-0.2, -0.15) is 0 Å². The second-order valence-corrected chi connectivity index (χ2v) is 4.38. The summed E-state index contributed by atoms with van der Waals surface area (Å²) in [5.41, 5.74) is 1.03. The third kappa shape index (κ3) is 6.24. The van der Waals surface area contributed by atoms with Gasteiger partial charge in [0.05, 0.1) is 18.3 Å². The molecule has 1 rings (SSSR count). The van der Waals surface area contributed by atoms with E-state index in [9.17, 15) is 9.59 Å². The highest BCUT2D eigenvalue weighted by molar-refractivity contribution is 5.87. The molecule has 0 aliphatic rings. The number of hydrogen-bond donors (Lipinski definition) is 3.